The van der Waals surface area contributed by atoms with E-state index in [4.69, 9.17) is 37.1 Å². The van der Waals surface area contributed by atoms with Crippen molar-refractivity contribution < 1.29 is 119 Å². The third-order valence-corrected chi connectivity index (χ3v) is 26.9. The van der Waals surface area contributed by atoms with Crippen LogP contribution in [-0.4, -0.2) is 72.4 Å². The summed E-state index contributed by atoms with van der Waals surface area (Å²) in [6, 6.07) is 79.5. The summed E-state index contributed by atoms with van der Waals surface area (Å²) in [6.45, 7) is 51.9. The van der Waals surface area contributed by atoms with Gasteiger partial charge in [0.1, 0.15) is 6.10 Å². The van der Waals surface area contributed by atoms with Crippen LogP contribution in [0.5, 0.6) is 23.0 Å². The van der Waals surface area contributed by atoms with E-state index in [0.717, 1.165) is 122 Å². The van der Waals surface area contributed by atoms with Gasteiger partial charge in [0.15, 0.2) is 0 Å². The predicted molar refractivity (Wildman–Crippen MR) is 531 cm³/mol. The van der Waals surface area contributed by atoms with Crippen molar-refractivity contribution in [3.8, 4) is 108 Å². The molecule has 6 unspecified atom stereocenters. The monoisotopic (exact) mass is 2730 g/mol. The minimum atomic E-state index is -0.821. The summed E-state index contributed by atoms with van der Waals surface area (Å²) in [4.78, 5) is 31.7. The first-order valence-corrected chi connectivity index (χ1v) is 46.3. The smallest absolute Gasteiger partial charge is 0.436 e. The number of benzene rings is 12. The van der Waals surface area contributed by atoms with Crippen molar-refractivity contribution in [2.75, 3.05) is 12.4 Å². The molecule has 22 heteroatoms. The number of imidazole rings is 5. The summed E-state index contributed by atoms with van der Waals surface area (Å²) in [6.07, 6.45) is 20.6. The van der Waals surface area contributed by atoms with Gasteiger partial charge >= 0.3 is 12.3 Å². The van der Waals surface area contributed by atoms with Gasteiger partial charge in [-0.1, -0.05) is 205 Å². The van der Waals surface area contributed by atoms with Crippen LogP contribution >= 0.6 is 11.8 Å². The van der Waals surface area contributed by atoms with E-state index in [9.17, 15) is 0 Å². The van der Waals surface area contributed by atoms with Gasteiger partial charge in [-0.2, -0.15) is 11.8 Å². The van der Waals surface area contributed by atoms with Crippen molar-refractivity contribution in [2.24, 2.45) is 0 Å². The Morgan fingerprint density at radius 1 is 0.348 bits per heavy atom. The van der Waals surface area contributed by atoms with E-state index in [1.165, 1.54) is 122 Å². The van der Waals surface area contributed by atoms with Crippen molar-refractivity contribution in [3.63, 3.8) is 0 Å². The Hall–Kier alpha value is -11.5. The van der Waals surface area contributed by atoms with Crippen LogP contribution in [0.3, 0.4) is 0 Å². The number of thioether (sulfide) groups is 1. The molecule has 0 saturated heterocycles. The zero-order valence-corrected chi connectivity index (χ0v) is 92.8. The largest absolute Gasteiger partial charge is 0.536 e. The fourth-order valence-electron chi connectivity index (χ4n) is 20.3. The van der Waals surface area contributed by atoms with E-state index in [1.807, 2.05) is 102 Å². The van der Waals surface area contributed by atoms with Gasteiger partial charge in [-0.3, -0.25) is 34.6 Å². The molecule has 0 saturated carbocycles. The second-order valence-electron chi connectivity index (χ2n) is 35.5. The molecule has 12 aromatic carbocycles. The zero-order valence-electron chi connectivity index (χ0n) is 80.0. The molecule has 5 radical (unpaired) electrons. The Morgan fingerprint density at radius 2 is 0.674 bits per heavy atom. The van der Waals surface area contributed by atoms with Gasteiger partial charge in [0.25, 0.3) is 0 Å². The summed E-state index contributed by atoms with van der Waals surface area (Å²) >= 11 is 1.92. The first-order chi connectivity index (χ1) is 64.4. The summed E-state index contributed by atoms with van der Waals surface area (Å²) < 4.78 is 35.4. The molecule has 6 atom stereocenters. The molecule has 709 valence electrons. The zero-order chi connectivity index (χ0) is 92.7. The molecular weight excluding hydrogens is 2620 g/mol. The number of rotatable bonds is 12. The Bertz CT molecular complexity index is 7140. The summed E-state index contributed by atoms with van der Waals surface area (Å²) in [7, 11) is 0. The summed E-state index contributed by atoms with van der Waals surface area (Å²) in [5, 5.41) is 0. The van der Waals surface area contributed by atoms with E-state index in [0.29, 0.717) is 23.1 Å². The van der Waals surface area contributed by atoms with Crippen molar-refractivity contribution in [1.82, 2.24) is 47.8 Å². The number of aromatic nitrogens is 10. The number of ether oxygens (including phenoxy) is 4. The Kier molecular flexibility index (Phi) is 33.7. The third kappa shape index (κ3) is 20.5. The second kappa shape index (κ2) is 44.7. The van der Waals surface area contributed by atoms with Crippen molar-refractivity contribution in [2.45, 2.75) is 172 Å². The number of nitrogens with zero attached hydrogens (tertiary/aromatic N) is 12. The number of fused-ring (bicyclic) bond motifs is 5. The molecule has 0 bridgehead atoms. The molecule has 0 amide bonds. The predicted octanol–water partition coefficient (Wildman–Crippen LogP) is 26.6. The van der Waals surface area contributed by atoms with E-state index in [1.54, 1.807) is 12.3 Å². The SMILES string of the molecule is Cc1cc(C)c(-n2ccnc2-c2[c-]ccc3c2OC(C)C3C)c(C)c1.Cc1cc(C)c(-n2ccnc2-c2[c-]ccc3c2OC(c2ccccc2)C3c2ccccc2)c(C)c1.Cc1cc(C)c(-n2ccnc2-c2[c-]ccc3c2OCC3)c(C)c1.Cc1cc(C)c(-n2ccnc2-c2[c-]ccc3c2SCC3)c(C)c1.[C-]#[N+]C1Oc2c(-c3nccn3-c3c(C)cc(C)cc3C)[c-]ccc2C1[N+]#[C-].[Ir].[Ir].[Ir].[Ir].[Ir]. The van der Waals surface area contributed by atoms with Crippen molar-refractivity contribution in [3.05, 3.63) is 420 Å². The van der Waals surface area contributed by atoms with Crippen LogP contribution < -0.4 is 18.9 Å². The molecule has 17 aromatic rings. The number of aryl methyl sites for hydroxylation is 16. The van der Waals surface area contributed by atoms with Gasteiger partial charge in [0.05, 0.1) is 47.6 Å². The topological polar surface area (TPSA) is 135 Å². The maximum absolute atomic E-state index is 7.43. The van der Waals surface area contributed by atoms with Gasteiger partial charge in [-0.25, -0.2) is 13.1 Å². The molecule has 5 aliphatic rings. The Balaban J connectivity index is 0.000000146. The summed E-state index contributed by atoms with van der Waals surface area (Å²) in [5.41, 5.74) is 37.3. The molecule has 0 fully saturated rings. The average molecular weight is 2720 g/mol. The van der Waals surface area contributed by atoms with E-state index in [2.05, 4.69) is 342 Å². The quantitative estimate of drug-likeness (QED) is 0.109. The molecule has 0 aliphatic carbocycles. The van der Waals surface area contributed by atoms with Crippen LogP contribution in [0.1, 0.15) is 160 Å². The maximum atomic E-state index is 7.43. The maximum Gasteiger partial charge on any atom is 0.436 e. The number of hydrogen-bond acceptors (Lipinski definition) is 10. The van der Waals surface area contributed by atoms with E-state index >= 15 is 0 Å². The molecule has 5 aliphatic heterocycles. The van der Waals surface area contributed by atoms with Crippen LogP contribution in [0.15, 0.2) is 249 Å². The van der Waals surface area contributed by atoms with Gasteiger partial charge in [0.2, 0.25) is 0 Å². The third-order valence-electron chi connectivity index (χ3n) is 25.7. The van der Waals surface area contributed by atoms with Gasteiger partial charge in [-0.05, 0) is 196 Å². The normalized spacial score (nSPS) is 15.5. The standard InChI is InChI=1S/C32H27N2O.C22H17N4O.C22H23N2O.C20H19N2O.C20H19N2S.5Ir/c1-21-19-22(2)29(23(3)20-21)34-18-17-33-32(34)27-16-10-15-26-28(24-11-6-4-7-12-24)30(35-31(26)27)25-13-8-5-9-14-25;1-13-11-14(2)19(15(3)12-13)26-10-9-25-21(26)17-8-6-7-16-18(23-4)22(24-5)27-20(16)17;1-13-11-14(2)20(15(3)12-13)24-10-9-23-22(24)19-8-6-7-18-16(4)17(5)25-21(18)19;2*1-13-11-14(2)18(15(3)12-13)22-9-8-21-20(22)17-6-4-5-16-7-10-23-19(16)17;;;;;/h4-15,17-20,28,30H,1-3H3;6-7,9-12,18,22H,1-3H3;6-7,9-12,16-17H,1-5H3;2*4-5,8-9,11-12H,7,10H2,1-3H3;;;;;/q5*-1;;;;;. The second-order valence-corrected chi connectivity index (χ2v) is 36.6. The molecule has 5 aromatic heterocycles. The molecule has 0 spiro atoms. The van der Waals surface area contributed by atoms with Crippen LogP contribution in [0.25, 0.3) is 95.1 Å². The fourth-order valence-corrected chi connectivity index (χ4v) is 21.5. The molecular formula is C116H105Ir5N12O4S-5. The van der Waals surface area contributed by atoms with Crippen LogP contribution in [0.2, 0.25) is 0 Å². The van der Waals surface area contributed by atoms with Crippen LogP contribution in [-0.2, 0) is 113 Å². The molecule has 138 heavy (non-hydrogen) atoms. The van der Waals surface area contributed by atoms with Gasteiger partial charge in [0, 0.05) is 226 Å². The van der Waals surface area contributed by atoms with Crippen LogP contribution in [0.4, 0.5) is 0 Å². The number of hydrogen-bond donors (Lipinski definition) is 0. The first kappa shape index (κ1) is 104. The summed E-state index contributed by atoms with van der Waals surface area (Å²) in [5.74, 6) is 9.19. The van der Waals surface area contributed by atoms with E-state index in [-0.39, 0.29) is 119 Å². The molecule has 10 heterocycles. The van der Waals surface area contributed by atoms with Gasteiger partial charge < -0.3 is 41.8 Å². The van der Waals surface area contributed by atoms with Gasteiger partial charge in [-0.15, -0.1) is 96.6 Å². The first-order valence-electron chi connectivity index (χ1n) is 45.3. The Labute approximate surface area is 882 Å². The van der Waals surface area contributed by atoms with Crippen molar-refractivity contribution >= 4 is 11.8 Å². The molecule has 0 N–H and O–H groups in total. The minimum Gasteiger partial charge on any atom is -0.536 e. The van der Waals surface area contributed by atoms with Crippen molar-refractivity contribution in [1.29, 1.82) is 0 Å². The molecule has 16 nitrogen and oxygen atoms in total. The van der Waals surface area contributed by atoms with Crippen LogP contribution in [0, 0.1) is 147 Å². The average Bonchev–Trinajstić information content (AvgIpc) is 1.60. The minimum absolute atomic E-state index is 0. The van der Waals surface area contributed by atoms with E-state index < -0.39 is 12.3 Å². The molecule has 22 rings (SSSR count). The fraction of sp³-hybridized carbons (Fsp3) is 0.233. The Morgan fingerprint density at radius 3 is 1.06 bits per heavy atom.